The van der Waals surface area contributed by atoms with Crippen molar-refractivity contribution in [1.29, 1.82) is 0 Å². The fourth-order valence-electron chi connectivity index (χ4n) is 1.15. The van der Waals surface area contributed by atoms with E-state index in [1.165, 1.54) is 22.6 Å². The van der Waals surface area contributed by atoms with Gasteiger partial charge >= 0.3 is 0 Å². The zero-order valence-corrected chi connectivity index (χ0v) is 10.8. The summed E-state index contributed by atoms with van der Waals surface area (Å²) < 4.78 is 21.4. The van der Waals surface area contributed by atoms with E-state index in [1.54, 1.807) is 13.8 Å². The van der Waals surface area contributed by atoms with Crippen LogP contribution in [-0.2, 0) is 16.1 Å². The zero-order valence-electron chi connectivity index (χ0n) is 9.18. The average Bonchev–Trinajstić information content (AvgIpc) is 2.46. The van der Waals surface area contributed by atoms with Crippen molar-refractivity contribution in [2.75, 3.05) is 16.2 Å². The van der Waals surface area contributed by atoms with E-state index in [0.29, 0.717) is 22.4 Å². The first kappa shape index (κ1) is 13.1. The van der Waals surface area contributed by atoms with Crippen LogP contribution in [0.4, 0.5) is 10.1 Å². The molecule has 0 aliphatic carbocycles. The first-order valence-electron chi connectivity index (χ1n) is 4.59. The van der Waals surface area contributed by atoms with E-state index in [4.69, 9.17) is 4.55 Å². The molecular formula is C8H13N3O3S2. The third kappa shape index (κ3) is 3.00. The Labute approximate surface area is 100 Å². The Bertz CT molecular complexity index is 419. The molecule has 1 aromatic rings. The van der Waals surface area contributed by atoms with Gasteiger partial charge in [-0.25, -0.2) is 9.19 Å². The maximum Gasteiger partial charge on any atom is 0.262 e. The van der Waals surface area contributed by atoms with E-state index >= 15 is 0 Å². The smallest absolute Gasteiger partial charge is 0.262 e. The summed E-state index contributed by atoms with van der Waals surface area (Å²) in [6, 6.07) is 0. The average molecular weight is 263 g/mol. The van der Waals surface area contributed by atoms with Crippen molar-refractivity contribution < 1.29 is 13.6 Å². The Morgan fingerprint density at radius 2 is 2.31 bits per heavy atom. The lowest BCUT2D eigenvalue weighted by atomic mass is 10.5. The van der Waals surface area contributed by atoms with Crippen molar-refractivity contribution in [3.05, 3.63) is 5.69 Å². The second-order valence-electron chi connectivity index (χ2n) is 3.02. The highest BCUT2D eigenvalue weighted by Crippen LogP contribution is 2.31. The normalized spacial score (nSPS) is 12.2. The molecule has 16 heavy (non-hydrogen) atoms. The summed E-state index contributed by atoms with van der Waals surface area (Å²) in [6.45, 7) is 5.28. The molecule has 2 N–H and O–H groups in total. The lowest BCUT2D eigenvalue weighted by Crippen LogP contribution is -2.24. The van der Waals surface area contributed by atoms with Crippen LogP contribution in [0.1, 0.15) is 19.5 Å². The minimum absolute atomic E-state index is 0.214. The Hall–Kier alpha value is -0.990. The number of rotatable bonds is 4. The minimum atomic E-state index is -2.07. The van der Waals surface area contributed by atoms with Crippen molar-refractivity contribution >= 4 is 38.6 Å². The van der Waals surface area contributed by atoms with Gasteiger partial charge in [0.15, 0.2) is 5.13 Å². The number of nitrogens with one attached hydrogen (secondary N) is 1. The number of thiazole rings is 1. The Morgan fingerprint density at radius 1 is 1.69 bits per heavy atom. The van der Waals surface area contributed by atoms with Gasteiger partial charge in [0, 0.05) is 13.5 Å². The molecule has 1 atom stereocenters. The predicted octanol–water partition coefficient (Wildman–Crippen LogP) is 1.37. The number of hydrogen-bond donors (Lipinski definition) is 2. The molecule has 0 bridgehead atoms. The number of aromatic nitrogens is 1. The quantitative estimate of drug-likeness (QED) is 0.804. The second kappa shape index (κ2) is 5.37. The highest BCUT2D eigenvalue weighted by Gasteiger charge is 2.17. The molecule has 1 unspecified atom stereocenters. The molecule has 1 rings (SSSR count). The minimum Gasteiger partial charge on any atom is -0.302 e. The number of carbonyl (C=O) groups excluding carboxylic acids is 1. The molecule has 0 saturated carbocycles. The second-order valence-corrected chi connectivity index (χ2v) is 4.90. The number of nitrogens with zero attached hydrogens (tertiary/aromatic N) is 2. The molecule has 1 aromatic heterocycles. The van der Waals surface area contributed by atoms with Gasteiger partial charge < -0.3 is 5.32 Å². The molecule has 1 heterocycles. The van der Waals surface area contributed by atoms with Crippen molar-refractivity contribution in [2.24, 2.45) is 0 Å². The van der Waals surface area contributed by atoms with Crippen LogP contribution in [-0.4, -0.2) is 26.2 Å². The van der Waals surface area contributed by atoms with Gasteiger partial charge in [0.2, 0.25) is 5.91 Å². The predicted molar refractivity (Wildman–Crippen MR) is 64.9 cm³/mol. The molecule has 8 heteroatoms. The fraction of sp³-hybridized carbons (Fsp3) is 0.500. The van der Waals surface area contributed by atoms with Crippen LogP contribution < -0.4 is 9.62 Å². The molecule has 0 aliphatic heterocycles. The first-order chi connectivity index (χ1) is 7.45. The Balaban J connectivity index is 3.00. The standard InChI is InChI=1S/C8H13N3O3S2/c1-4-11(16(13)14)7-5(2)9-8(15-7)10-6(3)12/h4H2,1-3H3,(H,13,14)(H,9,10,12). The lowest BCUT2D eigenvalue weighted by Gasteiger charge is -2.15. The Morgan fingerprint density at radius 3 is 2.75 bits per heavy atom. The summed E-state index contributed by atoms with van der Waals surface area (Å²) in [5.41, 5.74) is 0.623. The summed E-state index contributed by atoms with van der Waals surface area (Å²) in [5.74, 6) is -0.214. The molecule has 0 aromatic carbocycles. The molecular weight excluding hydrogens is 250 g/mol. The van der Waals surface area contributed by atoms with E-state index in [1.807, 2.05) is 0 Å². The third-order valence-corrected chi connectivity index (χ3v) is 3.79. The largest absolute Gasteiger partial charge is 0.302 e. The van der Waals surface area contributed by atoms with Gasteiger partial charge in [0.1, 0.15) is 5.00 Å². The first-order valence-corrected chi connectivity index (χ1v) is 6.47. The molecule has 90 valence electrons. The highest BCUT2D eigenvalue weighted by molar-refractivity contribution is 7.81. The molecule has 0 aliphatic rings. The number of amides is 1. The van der Waals surface area contributed by atoms with Crippen LogP contribution in [0.15, 0.2) is 0 Å². The van der Waals surface area contributed by atoms with Crippen LogP contribution in [0.3, 0.4) is 0 Å². The molecule has 6 nitrogen and oxygen atoms in total. The van der Waals surface area contributed by atoms with E-state index in [9.17, 15) is 9.00 Å². The van der Waals surface area contributed by atoms with Crippen LogP contribution >= 0.6 is 11.3 Å². The monoisotopic (exact) mass is 263 g/mol. The molecule has 0 radical (unpaired) electrons. The Kier molecular flexibility index (Phi) is 4.39. The van der Waals surface area contributed by atoms with Crippen LogP contribution in [0, 0.1) is 6.92 Å². The number of aryl methyl sites for hydroxylation is 1. The van der Waals surface area contributed by atoms with E-state index < -0.39 is 11.3 Å². The fourth-order valence-corrected chi connectivity index (χ4v) is 2.93. The number of anilines is 2. The van der Waals surface area contributed by atoms with E-state index in [2.05, 4.69) is 10.3 Å². The number of hydrogen-bond acceptors (Lipinski definition) is 4. The van der Waals surface area contributed by atoms with Crippen molar-refractivity contribution in [2.45, 2.75) is 20.8 Å². The van der Waals surface area contributed by atoms with Gasteiger partial charge in [0.05, 0.1) is 5.69 Å². The maximum atomic E-state index is 11.0. The molecule has 0 saturated heterocycles. The SMILES string of the molecule is CCN(c1sc(NC(C)=O)nc1C)S(=O)O. The van der Waals surface area contributed by atoms with Gasteiger partial charge in [-0.2, -0.15) is 0 Å². The van der Waals surface area contributed by atoms with Crippen molar-refractivity contribution in [1.82, 2.24) is 4.98 Å². The molecule has 1 amide bonds. The number of carbonyl (C=O) groups is 1. The van der Waals surface area contributed by atoms with E-state index in [-0.39, 0.29) is 5.91 Å². The lowest BCUT2D eigenvalue weighted by molar-refractivity contribution is -0.114. The summed E-state index contributed by atoms with van der Waals surface area (Å²) in [5, 5.41) is 3.57. The summed E-state index contributed by atoms with van der Waals surface area (Å²) >= 11 is -0.894. The maximum absolute atomic E-state index is 11.0. The molecule has 0 spiro atoms. The summed E-state index contributed by atoms with van der Waals surface area (Å²) in [4.78, 5) is 14.9. The van der Waals surface area contributed by atoms with E-state index in [0.717, 1.165) is 0 Å². The summed E-state index contributed by atoms with van der Waals surface area (Å²) in [6.07, 6.45) is 0. The van der Waals surface area contributed by atoms with Crippen LogP contribution in [0.5, 0.6) is 0 Å². The van der Waals surface area contributed by atoms with Gasteiger partial charge in [-0.1, -0.05) is 11.3 Å². The van der Waals surface area contributed by atoms with Crippen LogP contribution in [0.25, 0.3) is 0 Å². The van der Waals surface area contributed by atoms with Gasteiger partial charge in [-0.05, 0) is 13.8 Å². The highest BCUT2D eigenvalue weighted by atomic mass is 32.2. The summed E-state index contributed by atoms with van der Waals surface area (Å²) in [7, 11) is 0. The van der Waals surface area contributed by atoms with Crippen molar-refractivity contribution in [3.8, 4) is 0 Å². The van der Waals surface area contributed by atoms with Gasteiger partial charge in [-0.3, -0.25) is 13.7 Å². The van der Waals surface area contributed by atoms with Gasteiger partial charge in [-0.15, -0.1) is 0 Å². The topological polar surface area (TPSA) is 82.5 Å². The third-order valence-electron chi connectivity index (χ3n) is 1.76. The zero-order chi connectivity index (χ0) is 12.3. The molecule has 0 fully saturated rings. The van der Waals surface area contributed by atoms with Crippen molar-refractivity contribution in [3.63, 3.8) is 0 Å². The van der Waals surface area contributed by atoms with Crippen LogP contribution in [0.2, 0.25) is 0 Å². The van der Waals surface area contributed by atoms with Gasteiger partial charge in [0.25, 0.3) is 11.3 Å².